The molecule has 0 aliphatic carbocycles. The highest BCUT2D eigenvalue weighted by Crippen LogP contribution is 2.30. The van der Waals surface area contributed by atoms with Gasteiger partial charge in [-0.2, -0.15) is 4.58 Å². The number of nitrogens with one attached hydrogen (secondary N) is 1. The van der Waals surface area contributed by atoms with E-state index in [1.165, 1.54) is 13.2 Å². The van der Waals surface area contributed by atoms with E-state index in [-0.39, 0.29) is 18.1 Å². The van der Waals surface area contributed by atoms with Gasteiger partial charge in [0.2, 0.25) is 5.69 Å². The number of aliphatic carboxylic acids is 2. The molecule has 1 aromatic carbocycles. The van der Waals surface area contributed by atoms with Crippen molar-refractivity contribution in [2.75, 3.05) is 7.11 Å². The minimum atomic E-state index is -1.23. The van der Waals surface area contributed by atoms with E-state index in [0.29, 0.717) is 12.0 Å². The maximum atomic E-state index is 12.1. The average molecular weight is 371 g/mol. The van der Waals surface area contributed by atoms with Gasteiger partial charge in [0.15, 0.2) is 6.21 Å². The Morgan fingerprint density at radius 2 is 1.96 bits per heavy atom. The Bertz CT molecular complexity index is 899. The summed E-state index contributed by atoms with van der Waals surface area (Å²) in [6, 6.07) is 6.02. The number of ether oxygens (including phenoxy) is 1. The fourth-order valence-corrected chi connectivity index (χ4v) is 3.25. The molecule has 2 aliphatic heterocycles. The SMILES string of the molecule is COC(=O)C1Cc2ccccc2[N+]1=C/C=C1/C=C(C(=O)O)N[C@H](C(=O)O)C1. The van der Waals surface area contributed by atoms with Crippen molar-refractivity contribution in [3.8, 4) is 0 Å². The van der Waals surface area contributed by atoms with Crippen LogP contribution in [0.25, 0.3) is 0 Å². The van der Waals surface area contributed by atoms with Gasteiger partial charge in [-0.15, -0.1) is 0 Å². The summed E-state index contributed by atoms with van der Waals surface area (Å²) in [7, 11) is 1.33. The van der Waals surface area contributed by atoms with Gasteiger partial charge in [0.25, 0.3) is 6.04 Å². The van der Waals surface area contributed by atoms with E-state index >= 15 is 0 Å². The third-order valence-corrected chi connectivity index (χ3v) is 4.57. The van der Waals surface area contributed by atoms with Crippen LogP contribution in [0, 0.1) is 0 Å². The van der Waals surface area contributed by atoms with Gasteiger partial charge in [0.1, 0.15) is 11.7 Å². The van der Waals surface area contributed by atoms with Gasteiger partial charge in [-0.1, -0.05) is 18.2 Å². The molecule has 2 heterocycles. The number of benzene rings is 1. The number of hydrogen-bond acceptors (Lipinski definition) is 5. The first-order valence-corrected chi connectivity index (χ1v) is 8.33. The third kappa shape index (κ3) is 3.74. The molecule has 0 saturated carbocycles. The highest BCUT2D eigenvalue weighted by atomic mass is 16.5. The fraction of sp³-hybridized carbons (Fsp3) is 0.263. The normalized spacial score (nSPS) is 24.1. The van der Waals surface area contributed by atoms with Crippen LogP contribution in [0.4, 0.5) is 5.69 Å². The summed E-state index contributed by atoms with van der Waals surface area (Å²) < 4.78 is 6.65. The lowest BCUT2D eigenvalue weighted by Crippen LogP contribution is -2.41. The first kappa shape index (κ1) is 18.4. The zero-order chi connectivity index (χ0) is 19.6. The minimum absolute atomic E-state index is 0.126. The summed E-state index contributed by atoms with van der Waals surface area (Å²) in [6.07, 6.45) is 5.33. The summed E-state index contributed by atoms with van der Waals surface area (Å²) in [5.74, 6) is -2.74. The molecule has 0 aromatic heterocycles. The number of hydrogen-bond donors (Lipinski definition) is 3. The lowest BCUT2D eigenvalue weighted by atomic mass is 10.00. The molecular formula is C19H19N2O6+. The van der Waals surface area contributed by atoms with Gasteiger partial charge < -0.3 is 20.3 Å². The Morgan fingerprint density at radius 3 is 2.63 bits per heavy atom. The van der Waals surface area contributed by atoms with Crippen molar-refractivity contribution in [2.24, 2.45) is 0 Å². The second-order valence-corrected chi connectivity index (χ2v) is 6.27. The van der Waals surface area contributed by atoms with Crippen LogP contribution in [0.5, 0.6) is 0 Å². The lowest BCUT2D eigenvalue weighted by Gasteiger charge is -2.21. The second kappa shape index (κ2) is 7.45. The number of carbonyl (C=O) groups excluding carboxylic acids is 1. The molecule has 8 heteroatoms. The molecule has 1 unspecified atom stereocenters. The van der Waals surface area contributed by atoms with Gasteiger partial charge in [-0.3, -0.25) is 0 Å². The number of allylic oxidation sites excluding steroid dienone is 2. The van der Waals surface area contributed by atoms with Crippen molar-refractivity contribution >= 4 is 29.8 Å². The molecular weight excluding hydrogens is 352 g/mol. The van der Waals surface area contributed by atoms with Gasteiger partial charge in [-0.25, -0.2) is 14.4 Å². The van der Waals surface area contributed by atoms with Crippen LogP contribution >= 0.6 is 0 Å². The van der Waals surface area contributed by atoms with Crippen LogP contribution in [-0.2, 0) is 25.5 Å². The molecule has 0 radical (unpaired) electrons. The highest BCUT2D eigenvalue weighted by Gasteiger charge is 2.40. The Labute approximate surface area is 155 Å². The largest absolute Gasteiger partial charge is 0.480 e. The Balaban J connectivity index is 2.00. The van der Waals surface area contributed by atoms with E-state index in [2.05, 4.69) is 5.32 Å². The monoisotopic (exact) mass is 371 g/mol. The zero-order valence-corrected chi connectivity index (χ0v) is 14.6. The molecule has 0 bridgehead atoms. The van der Waals surface area contributed by atoms with Crippen LogP contribution < -0.4 is 5.32 Å². The van der Waals surface area contributed by atoms with Crippen LogP contribution in [0.3, 0.4) is 0 Å². The first-order valence-electron chi connectivity index (χ1n) is 8.33. The number of nitrogens with zero attached hydrogens (tertiary/aromatic N) is 1. The van der Waals surface area contributed by atoms with E-state index < -0.39 is 24.0 Å². The number of fused-ring (bicyclic) bond motifs is 1. The van der Waals surface area contributed by atoms with Crippen LogP contribution in [-0.4, -0.2) is 58.1 Å². The summed E-state index contributed by atoms with van der Waals surface area (Å²) in [4.78, 5) is 34.7. The molecule has 1 aromatic rings. The standard InChI is InChI=1S/C19H18N2O6/c1-27-19(26)16-10-12-4-2-3-5-15(12)21(16)7-6-11-8-13(17(22)23)20-14(9-11)18(24)25/h2-8,14,16H,9-10H2,1H3,(H2,22,23,24,25)/p+1/t14-,16?/m0/s1. The summed E-state index contributed by atoms with van der Waals surface area (Å²) in [6.45, 7) is 0. The third-order valence-electron chi connectivity index (χ3n) is 4.57. The summed E-state index contributed by atoms with van der Waals surface area (Å²) >= 11 is 0. The maximum Gasteiger partial charge on any atom is 0.376 e. The van der Waals surface area contributed by atoms with E-state index in [1.807, 2.05) is 24.3 Å². The minimum Gasteiger partial charge on any atom is -0.480 e. The number of methoxy groups -OCH3 is 1. The molecule has 3 N–H and O–H groups in total. The molecule has 8 nitrogen and oxygen atoms in total. The van der Waals surface area contributed by atoms with Gasteiger partial charge >= 0.3 is 17.9 Å². The number of para-hydroxylation sites is 1. The number of carboxylic acids is 2. The average Bonchev–Trinajstić information content (AvgIpc) is 3.04. The van der Waals surface area contributed by atoms with E-state index in [9.17, 15) is 24.6 Å². The van der Waals surface area contributed by atoms with Crippen molar-refractivity contribution in [3.05, 3.63) is 53.3 Å². The van der Waals surface area contributed by atoms with Crippen molar-refractivity contribution < 1.29 is 33.9 Å². The van der Waals surface area contributed by atoms with Crippen molar-refractivity contribution in [1.82, 2.24) is 5.32 Å². The van der Waals surface area contributed by atoms with Crippen molar-refractivity contribution in [3.63, 3.8) is 0 Å². The van der Waals surface area contributed by atoms with Gasteiger partial charge in [0, 0.05) is 24.1 Å². The topological polar surface area (TPSA) is 116 Å². The van der Waals surface area contributed by atoms with Gasteiger partial charge in [-0.05, 0) is 11.6 Å². The molecule has 27 heavy (non-hydrogen) atoms. The quantitative estimate of drug-likeness (QED) is 0.530. The van der Waals surface area contributed by atoms with E-state index in [0.717, 1.165) is 11.3 Å². The Morgan fingerprint density at radius 1 is 1.22 bits per heavy atom. The van der Waals surface area contributed by atoms with Crippen LogP contribution in [0.1, 0.15) is 12.0 Å². The molecule has 0 fully saturated rings. The molecule has 0 spiro atoms. The second-order valence-electron chi connectivity index (χ2n) is 6.27. The summed E-state index contributed by atoms with van der Waals surface area (Å²) in [5.41, 5.74) is 2.21. The Hall–Kier alpha value is -3.42. The van der Waals surface area contributed by atoms with Gasteiger partial charge in [0.05, 0.1) is 13.5 Å². The highest BCUT2D eigenvalue weighted by molar-refractivity contribution is 5.89. The predicted octanol–water partition coefficient (Wildman–Crippen LogP) is 0.840. The molecule has 140 valence electrons. The number of rotatable bonds is 4. The maximum absolute atomic E-state index is 12.1. The fourth-order valence-electron chi connectivity index (χ4n) is 3.25. The zero-order valence-electron chi connectivity index (χ0n) is 14.6. The van der Waals surface area contributed by atoms with Crippen LogP contribution in [0.15, 0.2) is 47.7 Å². The summed E-state index contributed by atoms with van der Waals surface area (Å²) in [5, 5.41) is 20.9. The lowest BCUT2D eigenvalue weighted by molar-refractivity contribution is -0.456. The molecule has 2 atom stereocenters. The first-order chi connectivity index (χ1) is 12.9. The number of esters is 1. The number of carboxylic acid groups (broad SMARTS) is 2. The van der Waals surface area contributed by atoms with E-state index in [4.69, 9.17) is 4.74 Å². The Kier molecular flexibility index (Phi) is 5.07. The molecule has 0 saturated heterocycles. The van der Waals surface area contributed by atoms with Crippen molar-refractivity contribution in [1.29, 1.82) is 0 Å². The van der Waals surface area contributed by atoms with Crippen molar-refractivity contribution in [2.45, 2.75) is 24.9 Å². The molecule has 3 rings (SSSR count). The van der Waals surface area contributed by atoms with Crippen LogP contribution in [0.2, 0.25) is 0 Å². The molecule has 0 amide bonds. The smallest absolute Gasteiger partial charge is 0.376 e. The molecule has 2 aliphatic rings. The predicted molar refractivity (Wildman–Crippen MR) is 94.9 cm³/mol. The van der Waals surface area contributed by atoms with E-state index in [1.54, 1.807) is 16.9 Å². The number of carbonyl (C=O) groups is 3.